The van der Waals surface area contributed by atoms with Gasteiger partial charge in [0.05, 0.1) is 0 Å². The summed E-state index contributed by atoms with van der Waals surface area (Å²) in [5, 5.41) is 3.22. The van der Waals surface area contributed by atoms with E-state index in [9.17, 15) is 0 Å². The number of thiocarbonyl (C=S) groups is 1. The topological polar surface area (TPSA) is 24.4 Å². The number of hydrogen-bond acceptors (Lipinski definition) is 2. The molecular formula is C2H4N2S2. The van der Waals surface area contributed by atoms with Gasteiger partial charge in [-0.2, -0.15) is 5.10 Å². The van der Waals surface area contributed by atoms with E-state index in [0.29, 0.717) is 4.32 Å². The molecule has 0 fully saturated rings. The Morgan fingerprint density at radius 2 is 2.50 bits per heavy atom. The van der Waals surface area contributed by atoms with Crippen molar-refractivity contribution in [1.82, 2.24) is 5.43 Å². The molecule has 0 saturated carbocycles. The quantitative estimate of drug-likeness (QED) is 0.227. The van der Waals surface area contributed by atoms with Gasteiger partial charge in [0.25, 0.3) is 0 Å². The lowest BCUT2D eigenvalue weighted by atomic mass is 11.4. The molecule has 0 heterocycles. The van der Waals surface area contributed by atoms with Crippen LogP contribution in [0.1, 0.15) is 0 Å². The second-order valence-corrected chi connectivity index (χ2v) is 1.73. The maximum atomic E-state index is 4.41. The van der Waals surface area contributed by atoms with Gasteiger partial charge in [-0.1, -0.05) is 12.2 Å². The van der Waals surface area contributed by atoms with Crippen molar-refractivity contribution in [2.75, 3.05) is 0 Å². The lowest BCUT2D eigenvalue weighted by Gasteiger charge is -1.85. The van der Waals surface area contributed by atoms with Gasteiger partial charge in [-0.25, -0.2) is 0 Å². The van der Waals surface area contributed by atoms with Crippen molar-refractivity contribution >= 4 is 35.9 Å². The molecule has 0 aromatic carbocycles. The molecule has 0 aliphatic carbocycles. The molecule has 1 N–H and O–H groups in total. The molecule has 0 saturated heterocycles. The number of hydrazone groups is 1. The minimum atomic E-state index is 0.338. The van der Waals surface area contributed by atoms with Gasteiger partial charge < -0.3 is 0 Å². The molecule has 0 amide bonds. The zero-order valence-electron chi connectivity index (χ0n) is 3.01. The molecule has 0 aromatic rings. The fourth-order valence-electron chi connectivity index (χ4n) is 0.0676. The molecule has 0 atom stereocenters. The average molecular weight is 120 g/mol. The van der Waals surface area contributed by atoms with Crippen LogP contribution in [0.3, 0.4) is 0 Å². The molecule has 0 spiro atoms. The molecule has 0 aromatic heterocycles. The maximum Gasteiger partial charge on any atom is 0.150 e. The van der Waals surface area contributed by atoms with E-state index in [0.717, 1.165) is 0 Å². The first kappa shape index (κ1) is 5.91. The van der Waals surface area contributed by atoms with Gasteiger partial charge in [0.2, 0.25) is 0 Å². The van der Waals surface area contributed by atoms with Crippen molar-refractivity contribution in [3.05, 3.63) is 0 Å². The van der Waals surface area contributed by atoms with Crippen LogP contribution in [0, 0.1) is 0 Å². The smallest absolute Gasteiger partial charge is 0.150 e. The normalized spacial score (nSPS) is 6.83. The third-order valence-electron chi connectivity index (χ3n) is 0.175. The van der Waals surface area contributed by atoms with Gasteiger partial charge >= 0.3 is 0 Å². The molecule has 34 valence electrons. The fraction of sp³-hybridized carbons (Fsp3) is 0. The predicted octanol–water partition coefficient (Wildman–Crippen LogP) is 0.406. The average Bonchev–Trinajstić information content (AvgIpc) is 1.35. The minimum Gasteiger partial charge on any atom is -0.263 e. The van der Waals surface area contributed by atoms with E-state index < -0.39 is 0 Å². The number of nitrogens with one attached hydrogen (secondary N) is 1. The molecule has 0 aliphatic rings. The summed E-state index contributed by atoms with van der Waals surface area (Å²) in [6, 6.07) is 0. The second-order valence-electron chi connectivity index (χ2n) is 0.575. The fourth-order valence-corrected chi connectivity index (χ4v) is 0.203. The minimum absolute atomic E-state index is 0.338. The Labute approximate surface area is 47.0 Å². The van der Waals surface area contributed by atoms with Crippen molar-refractivity contribution in [2.45, 2.75) is 0 Å². The molecule has 0 radical (unpaired) electrons. The van der Waals surface area contributed by atoms with E-state index in [1.165, 1.54) is 0 Å². The highest BCUT2D eigenvalue weighted by Gasteiger charge is 1.72. The third kappa shape index (κ3) is 3.91. The zero-order chi connectivity index (χ0) is 4.99. The first-order valence-electron chi connectivity index (χ1n) is 1.22. The highest BCUT2D eigenvalue weighted by Crippen LogP contribution is 1.72. The molecule has 0 unspecified atom stereocenters. The number of hydrogen-bond donors (Lipinski definition) is 2. The first-order chi connectivity index (χ1) is 2.77. The van der Waals surface area contributed by atoms with Crippen LogP contribution in [0.5, 0.6) is 0 Å². The van der Waals surface area contributed by atoms with Crippen LogP contribution in [0.2, 0.25) is 0 Å². The van der Waals surface area contributed by atoms with E-state index in [2.05, 4.69) is 42.1 Å². The van der Waals surface area contributed by atoms with E-state index in [4.69, 9.17) is 0 Å². The van der Waals surface area contributed by atoms with Gasteiger partial charge in [0.15, 0.2) is 4.32 Å². The molecule has 6 heavy (non-hydrogen) atoms. The third-order valence-corrected chi connectivity index (χ3v) is 0.366. The molecule has 0 rings (SSSR count). The molecule has 2 nitrogen and oxygen atoms in total. The van der Waals surface area contributed by atoms with Gasteiger partial charge in [0, 0.05) is 6.72 Å². The van der Waals surface area contributed by atoms with Crippen LogP contribution < -0.4 is 5.43 Å². The molecule has 0 aliphatic heterocycles. The Balaban J connectivity index is 3.05. The highest BCUT2D eigenvalue weighted by atomic mass is 32.1. The standard InChI is InChI=1S/C2H4N2S2/c1-3-4-2(5)6/h1H2,(H2,4,5,6). The van der Waals surface area contributed by atoms with Crippen molar-refractivity contribution in [2.24, 2.45) is 5.10 Å². The van der Waals surface area contributed by atoms with Gasteiger partial charge in [-0.15, -0.1) is 12.6 Å². The van der Waals surface area contributed by atoms with E-state index in [1.54, 1.807) is 0 Å². The second kappa shape index (κ2) is 3.11. The summed E-state index contributed by atoms with van der Waals surface area (Å²) in [6.07, 6.45) is 0. The van der Waals surface area contributed by atoms with E-state index in [-0.39, 0.29) is 0 Å². The van der Waals surface area contributed by atoms with Crippen LogP contribution in [0.15, 0.2) is 5.10 Å². The predicted molar refractivity (Wildman–Crippen MR) is 34.3 cm³/mol. The molecule has 0 bridgehead atoms. The van der Waals surface area contributed by atoms with Crippen molar-refractivity contribution in [1.29, 1.82) is 0 Å². The number of nitrogens with zero attached hydrogens (tertiary/aromatic N) is 1. The monoisotopic (exact) mass is 120 g/mol. The molecular weight excluding hydrogens is 116 g/mol. The van der Waals surface area contributed by atoms with E-state index in [1.807, 2.05) is 0 Å². The summed E-state index contributed by atoms with van der Waals surface area (Å²) < 4.78 is 0.338. The summed E-state index contributed by atoms with van der Waals surface area (Å²) in [5.41, 5.74) is 2.32. The Morgan fingerprint density at radius 1 is 2.00 bits per heavy atom. The maximum absolute atomic E-state index is 4.41. The number of thiol groups is 1. The summed E-state index contributed by atoms with van der Waals surface area (Å²) in [4.78, 5) is 0. The van der Waals surface area contributed by atoms with Crippen molar-refractivity contribution < 1.29 is 0 Å². The lowest BCUT2D eigenvalue weighted by molar-refractivity contribution is 1.08. The Morgan fingerprint density at radius 3 is 2.50 bits per heavy atom. The van der Waals surface area contributed by atoms with Crippen LogP contribution in [-0.4, -0.2) is 11.0 Å². The van der Waals surface area contributed by atoms with Gasteiger partial charge in [0.1, 0.15) is 0 Å². The largest absolute Gasteiger partial charge is 0.263 e. The Bertz CT molecular complexity index is 69.9. The van der Waals surface area contributed by atoms with Gasteiger partial charge in [-0.05, 0) is 0 Å². The Hall–Kier alpha value is -0.0900. The van der Waals surface area contributed by atoms with Crippen molar-refractivity contribution in [3.63, 3.8) is 0 Å². The Kier molecular flexibility index (Phi) is 3.07. The van der Waals surface area contributed by atoms with Crippen LogP contribution in [0.25, 0.3) is 0 Å². The van der Waals surface area contributed by atoms with E-state index >= 15 is 0 Å². The first-order valence-corrected chi connectivity index (χ1v) is 2.07. The summed E-state index contributed by atoms with van der Waals surface area (Å²) in [6.45, 7) is 3.10. The van der Waals surface area contributed by atoms with Gasteiger partial charge in [-0.3, -0.25) is 5.43 Å². The summed E-state index contributed by atoms with van der Waals surface area (Å²) in [5.74, 6) is 0. The molecule has 4 heteroatoms. The summed E-state index contributed by atoms with van der Waals surface area (Å²) in [7, 11) is 0. The lowest BCUT2D eigenvalue weighted by Crippen LogP contribution is -2.05. The zero-order valence-corrected chi connectivity index (χ0v) is 4.72. The van der Waals surface area contributed by atoms with Crippen LogP contribution in [0.4, 0.5) is 0 Å². The van der Waals surface area contributed by atoms with Crippen molar-refractivity contribution in [3.8, 4) is 0 Å². The number of rotatable bonds is 1. The SMILES string of the molecule is C=NNC(=S)S. The van der Waals surface area contributed by atoms with Crippen LogP contribution >= 0.6 is 24.8 Å². The highest BCUT2D eigenvalue weighted by molar-refractivity contribution is 8.11. The van der Waals surface area contributed by atoms with Crippen LogP contribution in [-0.2, 0) is 0 Å². The summed E-state index contributed by atoms with van der Waals surface area (Å²) >= 11 is 8.08.